The van der Waals surface area contributed by atoms with Gasteiger partial charge in [-0.2, -0.15) is 0 Å². The van der Waals surface area contributed by atoms with Gasteiger partial charge in [0.05, 0.1) is 5.52 Å². The molecular weight excluding hydrogens is 250 g/mol. The number of hydrogen-bond acceptors (Lipinski definition) is 4. The van der Waals surface area contributed by atoms with Crippen molar-refractivity contribution in [3.63, 3.8) is 0 Å². The van der Waals surface area contributed by atoms with Crippen molar-refractivity contribution in [2.45, 2.75) is 0 Å². The first kappa shape index (κ1) is 10.9. The van der Waals surface area contributed by atoms with E-state index in [1.165, 1.54) is 4.57 Å². The minimum Gasteiger partial charge on any atom is -0.408 e. The van der Waals surface area contributed by atoms with Crippen LogP contribution in [0.15, 0.2) is 39.7 Å². The summed E-state index contributed by atoms with van der Waals surface area (Å²) in [6.07, 6.45) is 1.65. The molecule has 0 saturated heterocycles. The van der Waals surface area contributed by atoms with E-state index in [0.717, 1.165) is 16.8 Å². The van der Waals surface area contributed by atoms with Crippen LogP contribution in [0.4, 0.5) is 0 Å². The topological polar surface area (TPSA) is 63.8 Å². The Bertz CT molecular complexity index is 844. The zero-order valence-corrected chi connectivity index (χ0v) is 10.3. The maximum atomic E-state index is 11.4. The van der Waals surface area contributed by atoms with Crippen molar-refractivity contribution in [3.05, 3.63) is 45.8 Å². The van der Waals surface area contributed by atoms with E-state index >= 15 is 0 Å². The molecule has 0 amide bonds. The molecule has 0 aliphatic carbocycles. The summed E-state index contributed by atoms with van der Waals surface area (Å²) in [5, 5.41) is 0. The molecule has 3 aromatic rings. The SMILES string of the molecule is Cn1c(=O)oc2ccc(-c3ccnc(=S)[nH]3)cc21. The van der Waals surface area contributed by atoms with Gasteiger partial charge in [-0.1, -0.05) is 0 Å². The summed E-state index contributed by atoms with van der Waals surface area (Å²) in [6.45, 7) is 0. The van der Waals surface area contributed by atoms with Crippen molar-refractivity contribution in [2.75, 3.05) is 0 Å². The van der Waals surface area contributed by atoms with Crippen LogP contribution in [0.1, 0.15) is 0 Å². The second-order valence-corrected chi connectivity index (χ2v) is 4.28. The standard InChI is InChI=1S/C12H9N3O2S/c1-15-9-6-7(2-3-10(9)17-12(15)16)8-4-5-13-11(18)14-8/h2-6H,1H3,(H,13,14,18). The lowest BCUT2D eigenvalue weighted by molar-refractivity contribution is 0.528. The zero-order chi connectivity index (χ0) is 12.7. The van der Waals surface area contributed by atoms with Gasteiger partial charge in [-0.05, 0) is 36.5 Å². The zero-order valence-electron chi connectivity index (χ0n) is 9.51. The number of aromatic nitrogens is 3. The summed E-state index contributed by atoms with van der Waals surface area (Å²) in [6, 6.07) is 7.34. The molecule has 90 valence electrons. The summed E-state index contributed by atoms with van der Waals surface area (Å²) >= 11 is 4.98. The molecule has 0 fully saturated rings. The lowest BCUT2D eigenvalue weighted by Crippen LogP contribution is -2.08. The van der Waals surface area contributed by atoms with Gasteiger partial charge in [0.1, 0.15) is 0 Å². The Morgan fingerprint density at radius 1 is 1.39 bits per heavy atom. The van der Waals surface area contributed by atoms with Crippen LogP contribution in [0.3, 0.4) is 0 Å². The molecule has 18 heavy (non-hydrogen) atoms. The number of rotatable bonds is 1. The van der Waals surface area contributed by atoms with E-state index in [2.05, 4.69) is 9.97 Å². The maximum Gasteiger partial charge on any atom is 0.419 e. The summed E-state index contributed by atoms with van der Waals surface area (Å²) in [5.41, 5.74) is 3.09. The maximum absolute atomic E-state index is 11.4. The molecule has 6 heteroatoms. The molecule has 2 heterocycles. The summed E-state index contributed by atoms with van der Waals surface area (Å²) in [5.74, 6) is -0.371. The van der Waals surface area contributed by atoms with Gasteiger partial charge in [0.15, 0.2) is 10.4 Å². The molecule has 0 aliphatic rings. The van der Waals surface area contributed by atoms with Crippen molar-refractivity contribution >= 4 is 23.3 Å². The van der Waals surface area contributed by atoms with Gasteiger partial charge in [0, 0.05) is 24.5 Å². The molecule has 3 rings (SSSR count). The van der Waals surface area contributed by atoms with Crippen LogP contribution >= 0.6 is 12.2 Å². The van der Waals surface area contributed by atoms with Gasteiger partial charge < -0.3 is 9.40 Å². The van der Waals surface area contributed by atoms with Crippen molar-refractivity contribution < 1.29 is 4.42 Å². The number of benzene rings is 1. The molecule has 0 bridgehead atoms. The van der Waals surface area contributed by atoms with Crippen molar-refractivity contribution in [2.24, 2.45) is 7.05 Å². The van der Waals surface area contributed by atoms with Crippen LogP contribution in [0.5, 0.6) is 0 Å². The second-order valence-electron chi connectivity index (χ2n) is 3.90. The highest BCUT2D eigenvalue weighted by Crippen LogP contribution is 2.21. The van der Waals surface area contributed by atoms with Crippen LogP contribution in [-0.2, 0) is 7.05 Å². The molecule has 0 radical (unpaired) electrons. The van der Waals surface area contributed by atoms with Gasteiger partial charge in [0.2, 0.25) is 0 Å². The third kappa shape index (κ3) is 1.67. The van der Waals surface area contributed by atoms with Crippen LogP contribution in [0.25, 0.3) is 22.4 Å². The second kappa shape index (κ2) is 3.92. The Labute approximate surface area is 107 Å². The average Bonchev–Trinajstić information content (AvgIpc) is 2.65. The highest BCUT2D eigenvalue weighted by atomic mass is 32.1. The Morgan fingerprint density at radius 2 is 2.22 bits per heavy atom. The Balaban J connectivity index is 2.28. The van der Waals surface area contributed by atoms with Gasteiger partial charge >= 0.3 is 5.76 Å². The van der Waals surface area contributed by atoms with E-state index in [1.54, 1.807) is 19.3 Å². The fourth-order valence-electron chi connectivity index (χ4n) is 1.83. The number of H-pyrrole nitrogens is 1. The number of hydrogen-bond donors (Lipinski definition) is 1. The summed E-state index contributed by atoms with van der Waals surface area (Å²) in [4.78, 5) is 18.3. The Kier molecular flexibility index (Phi) is 2.38. The number of fused-ring (bicyclic) bond motifs is 1. The first-order valence-corrected chi connectivity index (χ1v) is 5.71. The molecule has 0 spiro atoms. The molecule has 2 aromatic heterocycles. The van der Waals surface area contributed by atoms with E-state index in [-0.39, 0.29) is 5.76 Å². The molecule has 0 atom stereocenters. The number of aryl methyl sites for hydroxylation is 1. The average molecular weight is 259 g/mol. The molecule has 0 aliphatic heterocycles. The first-order valence-electron chi connectivity index (χ1n) is 5.30. The molecule has 1 N–H and O–H groups in total. The number of nitrogens with one attached hydrogen (secondary N) is 1. The van der Waals surface area contributed by atoms with Crippen LogP contribution in [0, 0.1) is 4.77 Å². The molecule has 5 nitrogen and oxygen atoms in total. The lowest BCUT2D eigenvalue weighted by Gasteiger charge is -2.01. The highest BCUT2D eigenvalue weighted by Gasteiger charge is 2.07. The minimum atomic E-state index is -0.371. The van der Waals surface area contributed by atoms with E-state index in [0.29, 0.717) is 10.4 Å². The smallest absolute Gasteiger partial charge is 0.408 e. The fourth-order valence-corrected chi connectivity index (χ4v) is 2.00. The summed E-state index contributed by atoms with van der Waals surface area (Å²) < 4.78 is 6.97. The van der Waals surface area contributed by atoms with Crippen LogP contribution < -0.4 is 5.76 Å². The third-order valence-corrected chi connectivity index (χ3v) is 2.98. The third-order valence-electron chi connectivity index (χ3n) is 2.78. The predicted octanol–water partition coefficient (Wildman–Crippen LogP) is 2.25. The molecule has 1 aromatic carbocycles. The monoisotopic (exact) mass is 259 g/mol. The van der Waals surface area contributed by atoms with E-state index in [1.807, 2.05) is 18.2 Å². The first-order chi connectivity index (χ1) is 8.65. The fraction of sp³-hybridized carbons (Fsp3) is 0.0833. The van der Waals surface area contributed by atoms with E-state index in [9.17, 15) is 4.79 Å². The lowest BCUT2D eigenvalue weighted by atomic mass is 10.1. The Hall–Kier alpha value is -2.21. The van der Waals surface area contributed by atoms with Gasteiger partial charge in [-0.15, -0.1) is 0 Å². The van der Waals surface area contributed by atoms with Crippen molar-refractivity contribution in [1.82, 2.24) is 14.5 Å². The normalized spacial score (nSPS) is 10.9. The van der Waals surface area contributed by atoms with E-state index < -0.39 is 0 Å². The minimum absolute atomic E-state index is 0.371. The van der Waals surface area contributed by atoms with E-state index in [4.69, 9.17) is 16.6 Å². The van der Waals surface area contributed by atoms with Crippen LogP contribution in [0.2, 0.25) is 0 Å². The molecule has 0 unspecified atom stereocenters. The quantitative estimate of drug-likeness (QED) is 0.681. The molecular formula is C12H9N3O2S. The van der Waals surface area contributed by atoms with Gasteiger partial charge in [0.25, 0.3) is 0 Å². The van der Waals surface area contributed by atoms with Crippen molar-refractivity contribution in [3.8, 4) is 11.3 Å². The molecule has 0 saturated carbocycles. The summed E-state index contributed by atoms with van der Waals surface area (Å²) in [7, 11) is 1.67. The predicted molar refractivity (Wildman–Crippen MR) is 69.9 cm³/mol. The van der Waals surface area contributed by atoms with Gasteiger partial charge in [-0.3, -0.25) is 4.57 Å². The Morgan fingerprint density at radius 3 is 3.00 bits per heavy atom. The van der Waals surface area contributed by atoms with Crippen LogP contribution in [-0.4, -0.2) is 14.5 Å². The highest BCUT2D eigenvalue weighted by molar-refractivity contribution is 7.71. The number of oxazole rings is 1. The largest absolute Gasteiger partial charge is 0.419 e. The van der Waals surface area contributed by atoms with Gasteiger partial charge in [-0.25, -0.2) is 9.78 Å². The van der Waals surface area contributed by atoms with Crippen molar-refractivity contribution in [1.29, 1.82) is 0 Å². The number of aromatic amines is 1. The number of nitrogens with zero attached hydrogens (tertiary/aromatic N) is 2.